The van der Waals surface area contributed by atoms with Crippen molar-refractivity contribution in [2.75, 3.05) is 24.6 Å². The molecule has 0 radical (unpaired) electrons. The summed E-state index contributed by atoms with van der Waals surface area (Å²) in [6.07, 6.45) is 5.72. The van der Waals surface area contributed by atoms with Crippen LogP contribution in [0.15, 0.2) is 24.3 Å². The molecule has 0 aliphatic carbocycles. The zero-order chi connectivity index (χ0) is 14.2. The summed E-state index contributed by atoms with van der Waals surface area (Å²) < 4.78 is 0. The van der Waals surface area contributed by atoms with Gasteiger partial charge in [0.1, 0.15) is 0 Å². The van der Waals surface area contributed by atoms with Gasteiger partial charge < -0.3 is 15.3 Å². The van der Waals surface area contributed by atoms with Crippen LogP contribution < -0.4 is 10.2 Å². The molecule has 20 heavy (non-hydrogen) atoms. The van der Waals surface area contributed by atoms with Crippen LogP contribution in [-0.2, 0) is 6.54 Å². The van der Waals surface area contributed by atoms with Crippen molar-refractivity contribution < 1.29 is 5.11 Å². The van der Waals surface area contributed by atoms with Crippen LogP contribution in [0.3, 0.4) is 0 Å². The van der Waals surface area contributed by atoms with Gasteiger partial charge in [-0.15, -0.1) is 0 Å². The van der Waals surface area contributed by atoms with Gasteiger partial charge in [-0.05, 0) is 50.3 Å². The summed E-state index contributed by atoms with van der Waals surface area (Å²) in [6, 6.07) is 9.36. The Kier molecular flexibility index (Phi) is 6.34. The highest BCUT2D eigenvalue weighted by atomic mass is 16.2. The molecule has 1 heterocycles. The van der Waals surface area contributed by atoms with Crippen molar-refractivity contribution in [1.82, 2.24) is 5.32 Å². The van der Waals surface area contributed by atoms with Gasteiger partial charge in [-0.2, -0.15) is 0 Å². The van der Waals surface area contributed by atoms with Crippen LogP contribution in [0, 0.1) is 0 Å². The SMILES string of the molecule is CCCNCc1ccccc1N1CCCC1CCCO. The molecule has 112 valence electrons. The van der Waals surface area contributed by atoms with E-state index in [4.69, 9.17) is 5.11 Å². The molecule has 0 amide bonds. The van der Waals surface area contributed by atoms with Gasteiger partial charge in [0.15, 0.2) is 0 Å². The Morgan fingerprint density at radius 3 is 3.00 bits per heavy atom. The highest BCUT2D eigenvalue weighted by molar-refractivity contribution is 5.55. The lowest BCUT2D eigenvalue weighted by molar-refractivity contribution is 0.279. The Morgan fingerprint density at radius 1 is 1.35 bits per heavy atom. The van der Waals surface area contributed by atoms with Crippen LogP contribution >= 0.6 is 0 Å². The van der Waals surface area contributed by atoms with Crippen molar-refractivity contribution >= 4 is 5.69 Å². The molecule has 1 saturated heterocycles. The molecule has 1 aromatic carbocycles. The number of para-hydroxylation sites is 1. The largest absolute Gasteiger partial charge is 0.396 e. The number of nitrogens with one attached hydrogen (secondary N) is 1. The fourth-order valence-electron chi connectivity index (χ4n) is 3.12. The van der Waals surface area contributed by atoms with Gasteiger partial charge in [-0.3, -0.25) is 0 Å². The van der Waals surface area contributed by atoms with E-state index >= 15 is 0 Å². The van der Waals surface area contributed by atoms with Gasteiger partial charge in [-0.1, -0.05) is 25.1 Å². The minimum Gasteiger partial charge on any atom is -0.396 e. The fraction of sp³-hybridized carbons (Fsp3) is 0.647. The molecule has 1 aromatic rings. The third kappa shape index (κ3) is 3.97. The third-order valence-corrected chi connectivity index (χ3v) is 4.12. The molecule has 1 atom stereocenters. The second-order valence-electron chi connectivity index (χ2n) is 5.66. The van der Waals surface area contributed by atoms with E-state index in [2.05, 4.69) is 41.4 Å². The van der Waals surface area contributed by atoms with Crippen molar-refractivity contribution in [3.63, 3.8) is 0 Å². The fourth-order valence-corrected chi connectivity index (χ4v) is 3.12. The van der Waals surface area contributed by atoms with Crippen molar-refractivity contribution in [3.05, 3.63) is 29.8 Å². The van der Waals surface area contributed by atoms with Gasteiger partial charge in [0.05, 0.1) is 0 Å². The molecular formula is C17H28N2O. The molecular weight excluding hydrogens is 248 g/mol. The predicted octanol–water partition coefficient (Wildman–Crippen LogP) is 2.93. The monoisotopic (exact) mass is 276 g/mol. The Labute approximate surface area is 123 Å². The lowest BCUT2D eigenvalue weighted by Gasteiger charge is -2.29. The number of nitrogens with zero attached hydrogens (tertiary/aromatic N) is 1. The maximum atomic E-state index is 9.05. The van der Waals surface area contributed by atoms with E-state index < -0.39 is 0 Å². The Balaban J connectivity index is 2.06. The lowest BCUT2D eigenvalue weighted by Crippen LogP contribution is -2.30. The quantitative estimate of drug-likeness (QED) is 0.717. The first kappa shape index (κ1) is 15.3. The number of benzene rings is 1. The van der Waals surface area contributed by atoms with Crippen LogP contribution in [0.4, 0.5) is 5.69 Å². The minimum atomic E-state index is 0.310. The summed E-state index contributed by atoms with van der Waals surface area (Å²) >= 11 is 0. The maximum Gasteiger partial charge on any atom is 0.0431 e. The highest BCUT2D eigenvalue weighted by Gasteiger charge is 2.25. The summed E-state index contributed by atoms with van der Waals surface area (Å²) in [5, 5.41) is 12.6. The standard InChI is InChI=1S/C17H28N2O/c1-2-11-18-14-15-7-3-4-10-17(15)19-12-5-8-16(19)9-6-13-20/h3-4,7,10,16,18,20H,2,5-6,8-9,11-14H2,1H3. The van der Waals surface area contributed by atoms with Crippen LogP contribution in [0.25, 0.3) is 0 Å². The molecule has 0 aromatic heterocycles. The maximum absolute atomic E-state index is 9.05. The van der Waals surface area contributed by atoms with E-state index in [-0.39, 0.29) is 0 Å². The first-order chi connectivity index (χ1) is 9.86. The first-order valence-corrected chi connectivity index (χ1v) is 8.03. The van der Waals surface area contributed by atoms with E-state index in [1.165, 1.54) is 30.5 Å². The second-order valence-corrected chi connectivity index (χ2v) is 5.66. The topological polar surface area (TPSA) is 35.5 Å². The molecule has 0 spiro atoms. The summed E-state index contributed by atoms with van der Waals surface area (Å²) in [4.78, 5) is 2.55. The second kappa shape index (κ2) is 8.28. The number of hydrogen-bond acceptors (Lipinski definition) is 3. The van der Waals surface area contributed by atoms with Gasteiger partial charge in [-0.25, -0.2) is 0 Å². The Bertz CT molecular complexity index is 394. The van der Waals surface area contributed by atoms with Gasteiger partial charge >= 0.3 is 0 Å². The summed E-state index contributed by atoms with van der Waals surface area (Å²) in [6.45, 7) is 5.69. The van der Waals surface area contributed by atoms with Gasteiger partial charge in [0, 0.05) is 31.4 Å². The van der Waals surface area contributed by atoms with Crippen LogP contribution in [0.2, 0.25) is 0 Å². The lowest BCUT2D eigenvalue weighted by atomic mass is 10.1. The van der Waals surface area contributed by atoms with Gasteiger partial charge in [0.25, 0.3) is 0 Å². The molecule has 2 N–H and O–H groups in total. The average Bonchev–Trinajstić information content (AvgIpc) is 2.94. The summed E-state index contributed by atoms with van der Waals surface area (Å²) in [5.41, 5.74) is 2.79. The highest BCUT2D eigenvalue weighted by Crippen LogP contribution is 2.30. The van der Waals surface area contributed by atoms with Crippen molar-refractivity contribution in [2.24, 2.45) is 0 Å². The van der Waals surface area contributed by atoms with Crippen LogP contribution in [0.5, 0.6) is 0 Å². The number of rotatable bonds is 8. The van der Waals surface area contributed by atoms with Crippen LogP contribution in [0.1, 0.15) is 44.6 Å². The average molecular weight is 276 g/mol. The molecule has 1 fully saturated rings. The molecule has 3 heteroatoms. The number of anilines is 1. The molecule has 2 rings (SSSR count). The van der Waals surface area contributed by atoms with Crippen molar-refractivity contribution in [3.8, 4) is 0 Å². The van der Waals surface area contributed by atoms with Gasteiger partial charge in [0.2, 0.25) is 0 Å². The zero-order valence-electron chi connectivity index (χ0n) is 12.6. The molecule has 0 bridgehead atoms. The molecule has 1 aliphatic rings. The number of aliphatic hydroxyl groups excluding tert-OH is 1. The molecule has 1 unspecified atom stereocenters. The summed E-state index contributed by atoms with van der Waals surface area (Å²) in [7, 11) is 0. The van der Waals surface area contributed by atoms with E-state index in [0.717, 1.165) is 32.5 Å². The van der Waals surface area contributed by atoms with Crippen LogP contribution in [-0.4, -0.2) is 30.8 Å². The Hall–Kier alpha value is -1.06. The number of aliphatic hydroxyl groups is 1. The normalized spacial score (nSPS) is 18.7. The van der Waals surface area contributed by atoms with E-state index in [9.17, 15) is 0 Å². The first-order valence-electron chi connectivity index (χ1n) is 8.03. The minimum absolute atomic E-state index is 0.310. The zero-order valence-corrected chi connectivity index (χ0v) is 12.6. The summed E-state index contributed by atoms with van der Waals surface area (Å²) in [5.74, 6) is 0. The van der Waals surface area contributed by atoms with Crippen molar-refractivity contribution in [1.29, 1.82) is 0 Å². The molecule has 0 saturated carbocycles. The third-order valence-electron chi connectivity index (χ3n) is 4.12. The predicted molar refractivity (Wildman–Crippen MR) is 85.1 cm³/mol. The molecule has 1 aliphatic heterocycles. The van der Waals surface area contributed by atoms with E-state index in [0.29, 0.717) is 12.6 Å². The molecule has 3 nitrogen and oxygen atoms in total. The van der Waals surface area contributed by atoms with E-state index in [1.807, 2.05) is 0 Å². The van der Waals surface area contributed by atoms with E-state index in [1.54, 1.807) is 0 Å². The Morgan fingerprint density at radius 2 is 2.20 bits per heavy atom. The van der Waals surface area contributed by atoms with Crippen molar-refractivity contribution in [2.45, 2.75) is 51.6 Å². The smallest absolute Gasteiger partial charge is 0.0431 e. The number of hydrogen-bond donors (Lipinski definition) is 2.